The zero-order valence-electron chi connectivity index (χ0n) is 8.86. The number of aliphatic carboxylic acids is 1. The van der Waals surface area contributed by atoms with Crippen LogP contribution in [0, 0.1) is 0 Å². The molecule has 3 amide bonds. The third-order valence-electron chi connectivity index (χ3n) is 1.98. The van der Waals surface area contributed by atoms with E-state index < -0.39 is 23.2 Å². The molecule has 1 aliphatic rings. The van der Waals surface area contributed by atoms with Crippen LogP contribution >= 0.6 is 11.8 Å². The van der Waals surface area contributed by atoms with E-state index in [0.717, 1.165) is 24.6 Å². The van der Waals surface area contributed by atoms with Crippen LogP contribution in [0.25, 0.3) is 0 Å². The average Bonchev–Trinajstić information content (AvgIpc) is 2.97. The summed E-state index contributed by atoms with van der Waals surface area (Å²) in [5.74, 6) is -1.48. The summed E-state index contributed by atoms with van der Waals surface area (Å²) in [5.41, 5.74) is 0. The van der Waals surface area contributed by atoms with Gasteiger partial charge in [-0.3, -0.25) is 14.9 Å². The third kappa shape index (κ3) is 5.01. The van der Waals surface area contributed by atoms with Gasteiger partial charge in [0.15, 0.2) is 0 Å². The van der Waals surface area contributed by atoms with Gasteiger partial charge in [0.2, 0.25) is 5.91 Å². The van der Waals surface area contributed by atoms with E-state index in [1.807, 2.05) is 0 Å². The topological polar surface area (TPSA) is 95.5 Å². The van der Waals surface area contributed by atoms with Crippen molar-refractivity contribution in [1.29, 1.82) is 0 Å². The van der Waals surface area contributed by atoms with Crippen molar-refractivity contribution in [3.05, 3.63) is 0 Å². The molecule has 90 valence electrons. The lowest BCUT2D eigenvalue weighted by atomic mass is 10.5. The van der Waals surface area contributed by atoms with E-state index in [9.17, 15) is 14.4 Å². The molecule has 1 atom stereocenters. The predicted octanol–water partition coefficient (Wildman–Crippen LogP) is 0.181. The molecule has 0 radical (unpaired) electrons. The molecule has 1 fully saturated rings. The van der Waals surface area contributed by atoms with Gasteiger partial charge in [-0.05, 0) is 19.8 Å². The number of carboxylic acid groups (broad SMARTS) is 1. The van der Waals surface area contributed by atoms with E-state index in [-0.39, 0.29) is 11.8 Å². The van der Waals surface area contributed by atoms with E-state index in [1.165, 1.54) is 6.92 Å². The quantitative estimate of drug-likeness (QED) is 0.643. The summed E-state index contributed by atoms with van der Waals surface area (Å²) in [4.78, 5) is 32.8. The summed E-state index contributed by atoms with van der Waals surface area (Å²) >= 11 is 0.978. The number of rotatable bonds is 5. The lowest BCUT2D eigenvalue weighted by molar-refractivity contribution is -0.136. The normalized spacial score (nSPS) is 16.3. The van der Waals surface area contributed by atoms with Gasteiger partial charge >= 0.3 is 12.0 Å². The van der Waals surface area contributed by atoms with Gasteiger partial charge in [0.05, 0.1) is 11.0 Å². The second-order valence-electron chi connectivity index (χ2n) is 3.59. The lowest BCUT2D eigenvalue weighted by Gasteiger charge is -2.07. The van der Waals surface area contributed by atoms with Crippen molar-refractivity contribution in [1.82, 2.24) is 10.6 Å². The Balaban J connectivity index is 2.14. The fourth-order valence-electron chi connectivity index (χ4n) is 0.884. The zero-order chi connectivity index (χ0) is 12.1. The predicted molar refractivity (Wildman–Crippen MR) is 59.3 cm³/mol. The number of carbonyl (C=O) groups excluding carboxylic acids is 2. The van der Waals surface area contributed by atoms with E-state index in [0.29, 0.717) is 0 Å². The summed E-state index contributed by atoms with van der Waals surface area (Å²) in [6, 6.07) is -0.311. The highest BCUT2D eigenvalue weighted by Gasteiger charge is 2.24. The maximum Gasteiger partial charge on any atom is 0.321 e. The fourth-order valence-corrected chi connectivity index (χ4v) is 1.50. The SMILES string of the molecule is CC(SCC(=O)NC(=O)NC1CC1)C(=O)O. The standard InChI is InChI=1S/C9H14N2O4S/c1-5(8(13)14)16-4-7(12)11-9(15)10-6-2-3-6/h5-6H,2-4H2,1H3,(H,13,14)(H2,10,11,12,15). The molecule has 0 saturated heterocycles. The smallest absolute Gasteiger partial charge is 0.321 e. The van der Waals surface area contributed by atoms with Crippen molar-refractivity contribution in [3.63, 3.8) is 0 Å². The Bertz CT molecular complexity index is 304. The Hall–Kier alpha value is -1.24. The molecule has 0 heterocycles. The highest BCUT2D eigenvalue weighted by molar-refractivity contribution is 8.01. The second kappa shape index (κ2) is 5.74. The van der Waals surface area contributed by atoms with E-state index in [1.54, 1.807) is 0 Å². The molecule has 1 unspecified atom stereocenters. The zero-order valence-corrected chi connectivity index (χ0v) is 9.67. The maximum absolute atomic E-state index is 11.2. The molecule has 0 aliphatic heterocycles. The first-order valence-corrected chi connectivity index (χ1v) is 5.98. The van der Waals surface area contributed by atoms with Crippen molar-refractivity contribution in [2.75, 3.05) is 5.75 Å². The second-order valence-corrected chi connectivity index (χ2v) is 4.92. The largest absolute Gasteiger partial charge is 0.480 e. The third-order valence-corrected chi connectivity index (χ3v) is 3.11. The molecule has 3 N–H and O–H groups in total. The van der Waals surface area contributed by atoms with Gasteiger partial charge in [0, 0.05) is 6.04 Å². The van der Waals surface area contributed by atoms with E-state index in [4.69, 9.17) is 5.11 Å². The Kier molecular flexibility index (Phi) is 4.60. The molecule has 1 aliphatic carbocycles. The molecule has 16 heavy (non-hydrogen) atoms. The van der Waals surface area contributed by atoms with Crippen LogP contribution in [0.15, 0.2) is 0 Å². The van der Waals surface area contributed by atoms with Crippen LogP contribution in [0.1, 0.15) is 19.8 Å². The Morgan fingerprint density at radius 1 is 1.44 bits per heavy atom. The van der Waals surface area contributed by atoms with Crippen molar-refractivity contribution >= 4 is 29.7 Å². The first-order chi connectivity index (χ1) is 7.49. The molecular formula is C9H14N2O4S. The van der Waals surface area contributed by atoms with Gasteiger partial charge in [0.1, 0.15) is 0 Å². The number of carboxylic acids is 1. The molecule has 6 nitrogen and oxygen atoms in total. The van der Waals surface area contributed by atoms with Crippen LogP contribution in [0.2, 0.25) is 0 Å². The number of hydrogen-bond acceptors (Lipinski definition) is 4. The highest BCUT2D eigenvalue weighted by Crippen LogP contribution is 2.18. The van der Waals surface area contributed by atoms with Crippen LogP contribution in [-0.4, -0.2) is 40.1 Å². The molecule has 7 heteroatoms. The number of carbonyl (C=O) groups is 3. The van der Waals surface area contributed by atoms with Crippen LogP contribution in [0.5, 0.6) is 0 Å². The van der Waals surface area contributed by atoms with Crippen LogP contribution in [0.3, 0.4) is 0 Å². The number of thioether (sulfide) groups is 1. The molecule has 1 rings (SSSR count). The molecule has 0 aromatic heterocycles. The summed E-state index contributed by atoms with van der Waals surface area (Å²) < 4.78 is 0. The minimum absolute atomic E-state index is 0.0362. The summed E-state index contributed by atoms with van der Waals surface area (Å²) in [6.07, 6.45) is 1.90. The van der Waals surface area contributed by atoms with E-state index in [2.05, 4.69) is 10.6 Å². The number of urea groups is 1. The minimum atomic E-state index is -0.972. The van der Waals surface area contributed by atoms with Gasteiger partial charge < -0.3 is 10.4 Å². The fraction of sp³-hybridized carbons (Fsp3) is 0.667. The van der Waals surface area contributed by atoms with Gasteiger partial charge in [-0.15, -0.1) is 11.8 Å². The number of imide groups is 1. The molecular weight excluding hydrogens is 232 g/mol. The first-order valence-electron chi connectivity index (χ1n) is 4.94. The summed E-state index contributed by atoms with van der Waals surface area (Å²) in [6.45, 7) is 1.49. The van der Waals surface area contributed by atoms with Crippen LogP contribution < -0.4 is 10.6 Å². The van der Waals surface area contributed by atoms with Gasteiger partial charge in [0.25, 0.3) is 0 Å². The Morgan fingerprint density at radius 3 is 2.56 bits per heavy atom. The van der Waals surface area contributed by atoms with E-state index >= 15 is 0 Å². The van der Waals surface area contributed by atoms with Crippen molar-refractivity contribution < 1.29 is 19.5 Å². The molecule has 0 aromatic carbocycles. The van der Waals surface area contributed by atoms with Crippen LogP contribution in [-0.2, 0) is 9.59 Å². The Labute approximate surface area is 97.2 Å². The van der Waals surface area contributed by atoms with Crippen molar-refractivity contribution in [3.8, 4) is 0 Å². The number of hydrogen-bond donors (Lipinski definition) is 3. The van der Waals surface area contributed by atoms with Gasteiger partial charge in [-0.2, -0.15) is 0 Å². The average molecular weight is 246 g/mol. The van der Waals surface area contributed by atoms with Crippen molar-refractivity contribution in [2.45, 2.75) is 31.1 Å². The lowest BCUT2D eigenvalue weighted by Crippen LogP contribution is -2.41. The highest BCUT2D eigenvalue weighted by atomic mass is 32.2. The number of nitrogens with one attached hydrogen (secondary N) is 2. The molecule has 1 saturated carbocycles. The maximum atomic E-state index is 11.2. The minimum Gasteiger partial charge on any atom is -0.480 e. The first kappa shape index (κ1) is 12.8. The van der Waals surface area contributed by atoms with Crippen LogP contribution in [0.4, 0.5) is 4.79 Å². The summed E-state index contributed by atoms with van der Waals surface area (Å²) in [5, 5.41) is 12.7. The molecule has 0 spiro atoms. The van der Waals surface area contributed by atoms with Crippen molar-refractivity contribution in [2.24, 2.45) is 0 Å². The van der Waals surface area contributed by atoms with Gasteiger partial charge in [-0.25, -0.2) is 4.79 Å². The molecule has 0 aromatic rings. The number of amides is 3. The summed E-state index contributed by atoms with van der Waals surface area (Å²) in [7, 11) is 0. The monoisotopic (exact) mass is 246 g/mol. The van der Waals surface area contributed by atoms with Gasteiger partial charge in [-0.1, -0.05) is 0 Å². The molecule has 0 bridgehead atoms. The Morgan fingerprint density at radius 2 is 2.06 bits per heavy atom.